The first-order valence-corrected chi connectivity index (χ1v) is 9.32. The van der Waals surface area contributed by atoms with Crippen LogP contribution in [-0.2, 0) is 17.6 Å². The fourth-order valence-electron chi connectivity index (χ4n) is 2.43. The normalized spacial score (nSPS) is 10.6. The van der Waals surface area contributed by atoms with Crippen LogP contribution in [0.25, 0.3) is 11.3 Å². The molecule has 6 heteroatoms. The molecule has 25 heavy (non-hydrogen) atoms. The smallest absolute Gasteiger partial charge is 0.220 e. The number of benzene rings is 1. The van der Waals surface area contributed by atoms with E-state index >= 15 is 0 Å². The van der Waals surface area contributed by atoms with E-state index in [2.05, 4.69) is 15.3 Å². The quantitative estimate of drug-likeness (QED) is 0.678. The van der Waals surface area contributed by atoms with E-state index in [0.717, 1.165) is 33.3 Å². The van der Waals surface area contributed by atoms with Crippen molar-refractivity contribution in [2.24, 2.45) is 0 Å². The van der Waals surface area contributed by atoms with Crippen molar-refractivity contribution in [3.63, 3.8) is 0 Å². The zero-order valence-corrected chi connectivity index (χ0v) is 15.2. The minimum Gasteiger partial charge on any atom is -0.356 e. The van der Waals surface area contributed by atoms with Gasteiger partial charge in [0.05, 0.1) is 10.7 Å². The highest BCUT2D eigenvalue weighted by atomic mass is 35.5. The summed E-state index contributed by atoms with van der Waals surface area (Å²) in [7, 11) is 0. The third-order valence-electron chi connectivity index (χ3n) is 3.72. The number of nitrogens with one attached hydrogen (secondary N) is 1. The average molecular weight is 372 g/mol. The summed E-state index contributed by atoms with van der Waals surface area (Å²) in [6.07, 6.45) is 5.37. The first-order chi connectivity index (χ1) is 12.2. The molecule has 1 amide bonds. The summed E-state index contributed by atoms with van der Waals surface area (Å²) in [6, 6.07) is 11.6. The van der Waals surface area contributed by atoms with E-state index in [0.29, 0.717) is 19.4 Å². The van der Waals surface area contributed by atoms with Crippen LogP contribution in [0.3, 0.4) is 0 Å². The van der Waals surface area contributed by atoms with Crippen LogP contribution in [0, 0.1) is 0 Å². The van der Waals surface area contributed by atoms with Crippen molar-refractivity contribution in [1.82, 2.24) is 15.3 Å². The van der Waals surface area contributed by atoms with Crippen LogP contribution in [-0.4, -0.2) is 22.4 Å². The molecule has 1 aromatic carbocycles. The monoisotopic (exact) mass is 371 g/mol. The van der Waals surface area contributed by atoms with Gasteiger partial charge < -0.3 is 5.32 Å². The molecule has 0 aliphatic heterocycles. The molecule has 0 saturated carbocycles. The molecule has 0 spiro atoms. The van der Waals surface area contributed by atoms with E-state index in [1.165, 1.54) is 0 Å². The van der Waals surface area contributed by atoms with Gasteiger partial charge in [0, 0.05) is 47.7 Å². The van der Waals surface area contributed by atoms with Gasteiger partial charge in [-0.15, -0.1) is 11.3 Å². The lowest BCUT2D eigenvalue weighted by Crippen LogP contribution is -2.25. The summed E-state index contributed by atoms with van der Waals surface area (Å²) >= 11 is 7.54. The lowest BCUT2D eigenvalue weighted by atomic mass is 10.1. The largest absolute Gasteiger partial charge is 0.356 e. The highest BCUT2D eigenvalue weighted by Gasteiger charge is 2.07. The molecule has 4 nitrogen and oxygen atoms in total. The van der Waals surface area contributed by atoms with Gasteiger partial charge in [0.1, 0.15) is 0 Å². The van der Waals surface area contributed by atoms with E-state index < -0.39 is 0 Å². The Hall–Kier alpha value is -2.24. The second-order valence-corrected chi connectivity index (χ2v) is 6.97. The molecule has 0 atom stereocenters. The van der Waals surface area contributed by atoms with Crippen molar-refractivity contribution in [2.75, 3.05) is 6.54 Å². The molecule has 0 fully saturated rings. The van der Waals surface area contributed by atoms with Gasteiger partial charge >= 0.3 is 0 Å². The molecule has 2 aromatic heterocycles. The molecular formula is C19H18ClN3OS. The Bertz CT molecular complexity index is 835. The van der Waals surface area contributed by atoms with Crippen molar-refractivity contribution < 1.29 is 4.79 Å². The Labute approximate surface area is 155 Å². The number of rotatable bonds is 7. The standard InChI is InChI=1S/C19H18ClN3OS/c20-16-3-1-2-14(12-16)6-11-22-18(24)4-5-19-23-17(13-25-19)15-7-9-21-10-8-15/h1-3,7-10,12-13H,4-6,11H2,(H,22,24). The van der Waals surface area contributed by atoms with Crippen LogP contribution in [0.4, 0.5) is 0 Å². The van der Waals surface area contributed by atoms with Crippen LogP contribution in [0.1, 0.15) is 17.0 Å². The van der Waals surface area contributed by atoms with Gasteiger partial charge in [-0.05, 0) is 36.2 Å². The van der Waals surface area contributed by atoms with Crippen LogP contribution in [0.5, 0.6) is 0 Å². The van der Waals surface area contributed by atoms with Crippen molar-refractivity contribution in [2.45, 2.75) is 19.3 Å². The van der Waals surface area contributed by atoms with E-state index in [9.17, 15) is 4.79 Å². The molecule has 0 aliphatic carbocycles. The average Bonchev–Trinajstić information content (AvgIpc) is 3.10. The van der Waals surface area contributed by atoms with Crippen LogP contribution >= 0.6 is 22.9 Å². The van der Waals surface area contributed by atoms with Crippen LogP contribution < -0.4 is 5.32 Å². The molecule has 2 heterocycles. The predicted octanol–water partition coefficient (Wildman–Crippen LogP) is 4.15. The van der Waals surface area contributed by atoms with Crippen molar-refractivity contribution in [3.8, 4) is 11.3 Å². The first-order valence-electron chi connectivity index (χ1n) is 8.06. The van der Waals surface area contributed by atoms with Crippen LogP contribution in [0.2, 0.25) is 5.02 Å². The Balaban J connectivity index is 1.43. The Morgan fingerprint density at radius 1 is 1.16 bits per heavy atom. The summed E-state index contributed by atoms with van der Waals surface area (Å²) in [4.78, 5) is 20.6. The van der Waals surface area contributed by atoms with Gasteiger partial charge in [-0.2, -0.15) is 0 Å². The minimum absolute atomic E-state index is 0.0442. The lowest BCUT2D eigenvalue weighted by Gasteiger charge is -2.05. The van der Waals surface area contributed by atoms with Gasteiger partial charge in [0.25, 0.3) is 0 Å². The number of thiazole rings is 1. The van der Waals surface area contributed by atoms with E-state index in [1.807, 2.05) is 41.8 Å². The molecule has 0 aliphatic rings. The van der Waals surface area contributed by atoms with Gasteiger partial charge in [-0.25, -0.2) is 4.98 Å². The highest BCUT2D eigenvalue weighted by Crippen LogP contribution is 2.21. The summed E-state index contributed by atoms with van der Waals surface area (Å²) < 4.78 is 0. The van der Waals surface area contributed by atoms with Crippen molar-refractivity contribution >= 4 is 28.8 Å². The Kier molecular flexibility index (Phi) is 6.14. The molecule has 0 radical (unpaired) electrons. The van der Waals surface area contributed by atoms with Crippen molar-refractivity contribution in [3.05, 3.63) is 69.8 Å². The van der Waals surface area contributed by atoms with Gasteiger partial charge in [-0.3, -0.25) is 9.78 Å². The Morgan fingerprint density at radius 2 is 2.00 bits per heavy atom. The second-order valence-electron chi connectivity index (χ2n) is 5.59. The molecule has 128 valence electrons. The summed E-state index contributed by atoms with van der Waals surface area (Å²) in [5.74, 6) is 0.0442. The number of nitrogens with zero attached hydrogens (tertiary/aromatic N) is 2. The van der Waals surface area contributed by atoms with Gasteiger partial charge in [0.2, 0.25) is 5.91 Å². The fraction of sp³-hybridized carbons (Fsp3) is 0.211. The number of amides is 1. The number of halogens is 1. The maximum Gasteiger partial charge on any atom is 0.220 e. The number of pyridine rings is 1. The molecule has 0 unspecified atom stereocenters. The molecule has 0 saturated heterocycles. The number of hydrogen-bond donors (Lipinski definition) is 1. The Morgan fingerprint density at radius 3 is 2.80 bits per heavy atom. The minimum atomic E-state index is 0.0442. The summed E-state index contributed by atoms with van der Waals surface area (Å²) in [5, 5.41) is 6.65. The second kappa shape index (κ2) is 8.74. The highest BCUT2D eigenvalue weighted by molar-refractivity contribution is 7.09. The zero-order valence-electron chi connectivity index (χ0n) is 13.6. The molecular weight excluding hydrogens is 354 g/mol. The number of carbonyl (C=O) groups is 1. The third-order valence-corrected chi connectivity index (χ3v) is 4.86. The molecule has 3 aromatic rings. The van der Waals surface area contributed by atoms with E-state index in [4.69, 9.17) is 11.6 Å². The maximum atomic E-state index is 12.0. The third kappa shape index (κ3) is 5.37. The maximum absolute atomic E-state index is 12.0. The molecule has 1 N–H and O–H groups in total. The zero-order chi connectivity index (χ0) is 17.5. The number of carbonyl (C=O) groups excluding carboxylic acids is 1. The SMILES string of the molecule is O=C(CCc1nc(-c2ccncc2)cs1)NCCc1cccc(Cl)c1. The van der Waals surface area contributed by atoms with E-state index in [-0.39, 0.29) is 5.91 Å². The topological polar surface area (TPSA) is 54.9 Å². The van der Waals surface area contributed by atoms with Gasteiger partial charge in [-0.1, -0.05) is 23.7 Å². The van der Waals surface area contributed by atoms with Crippen LogP contribution in [0.15, 0.2) is 54.2 Å². The van der Waals surface area contributed by atoms with Crippen molar-refractivity contribution in [1.29, 1.82) is 0 Å². The summed E-state index contributed by atoms with van der Waals surface area (Å²) in [6.45, 7) is 0.610. The molecule has 3 rings (SSSR count). The summed E-state index contributed by atoms with van der Waals surface area (Å²) in [5.41, 5.74) is 3.10. The molecule has 0 bridgehead atoms. The number of aromatic nitrogens is 2. The predicted molar refractivity (Wildman–Crippen MR) is 102 cm³/mol. The number of aryl methyl sites for hydroxylation is 1. The van der Waals surface area contributed by atoms with E-state index in [1.54, 1.807) is 23.7 Å². The fourth-order valence-corrected chi connectivity index (χ4v) is 3.45. The number of hydrogen-bond acceptors (Lipinski definition) is 4. The van der Waals surface area contributed by atoms with Gasteiger partial charge in [0.15, 0.2) is 0 Å². The lowest BCUT2D eigenvalue weighted by molar-refractivity contribution is -0.121. The first kappa shape index (κ1) is 17.6.